The van der Waals surface area contributed by atoms with Crippen LogP contribution in [0.25, 0.3) is 0 Å². The monoisotopic (exact) mass is 476 g/mol. The fourth-order valence-electron chi connectivity index (χ4n) is 3.16. The molecule has 2 unspecified atom stereocenters. The van der Waals surface area contributed by atoms with E-state index in [0.29, 0.717) is 12.7 Å². The summed E-state index contributed by atoms with van der Waals surface area (Å²) in [7, 11) is -2.48. The van der Waals surface area contributed by atoms with Gasteiger partial charge in [0.25, 0.3) is 5.91 Å². The first-order valence-electron chi connectivity index (χ1n) is 10.8. The largest absolute Gasteiger partial charge is 0.438 e. The van der Waals surface area contributed by atoms with Crippen molar-refractivity contribution in [3.63, 3.8) is 0 Å². The second kappa shape index (κ2) is 9.17. The minimum absolute atomic E-state index is 0.0641. The third-order valence-corrected chi connectivity index (χ3v) is 6.60. The molecule has 2 fully saturated rings. The molecule has 0 spiro atoms. The highest BCUT2D eigenvalue weighted by Crippen LogP contribution is 2.34. The number of carbonyl (C=O) groups excluding carboxylic acids is 1. The molecule has 0 radical (unpaired) electrons. The van der Waals surface area contributed by atoms with E-state index >= 15 is 0 Å². The van der Waals surface area contributed by atoms with Crippen LogP contribution >= 0.6 is 0 Å². The second-order valence-electron chi connectivity index (χ2n) is 8.58. The van der Waals surface area contributed by atoms with Crippen LogP contribution in [0.1, 0.15) is 48.8 Å². The summed E-state index contributed by atoms with van der Waals surface area (Å²) >= 11 is 0. The van der Waals surface area contributed by atoms with Gasteiger partial charge in [0.1, 0.15) is 11.3 Å². The number of amides is 1. The Morgan fingerprint density at radius 3 is 2.58 bits per heavy atom. The van der Waals surface area contributed by atoms with Gasteiger partial charge in [0, 0.05) is 24.8 Å². The molecule has 2 aliphatic rings. The molecular weight excluding hydrogens is 450 g/mol. The molecule has 10 heteroatoms. The van der Waals surface area contributed by atoms with Crippen molar-refractivity contribution in [3.05, 3.63) is 59.4 Å². The van der Waals surface area contributed by atoms with Crippen molar-refractivity contribution in [3.8, 4) is 11.6 Å². The topological polar surface area (TPSA) is 93.5 Å². The zero-order valence-corrected chi connectivity index (χ0v) is 19.2. The predicted molar refractivity (Wildman–Crippen MR) is 121 cm³/mol. The lowest BCUT2D eigenvalue weighted by molar-refractivity contribution is 0.00707. The standard InChI is InChI=1S/C23H26F2N4O3S/c1-23(24,25)22-26-14-18(21(28-22)32-17-6-4-3-5-7-17)20(30)27-19(15-8-9-15)12-13-33(2,31)29-16-10-11-16/h3-7,12-16,19H,8-11H2,1-2H3,(H,27,30)/b13-12+. The Labute approximate surface area is 191 Å². The summed E-state index contributed by atoms with van der Waals surface area (Å²) in [5, 5.41) is 4.44. The molecule has 0 saturated heterocycles. The highest BCUT2D eigenvalue weighted by atomic mass is 32.2. The van der Waals surface area contributed by atoms with Gasteiger partial charge in [-0.1, -0.05) is 24.3 Å². The van der Waals surface area contributed by atoms with E-state index in [1.165, 1.54) is 0 Å². The Hall–Kier alpha value is -2.88. The van der Waals surface area contributed by atoms with Crippen LogP contribution in [0.15, 0.2) is 52.4 Å². The third kappa shape index (κ3) is 6.56. The quantitative estimate of drug-likeness (QED) is 0.568. The van der Waals surface area contributed by atoms with Crippen LogP contribution in [-0.2, 0) is 15.7 Å². The van der Waals surface area contributed by atoms with E-state index in [-0.39, 0.29) is 29.4 Å². The van der Waals surface area contributed by atoms with Crippen LogP contribution in [-0.4, -0.2) is 38.4 Å². The van der Waals surface area contributed by atoms with E-state index in [1.54, 1.807) is 48.1 Å². The Morgan fingerprint density at radius 1 is 1.27 bits per heavy atom. The van der Waals surface area contributed by atoms with Gasteiger partial charge in [-0.15, -0.1) is 0 Å². The molecule has 33 heavy (non-hydrogen) atoms. The molecule has 1 aromatic carbocycles. The van der Waals surface area contributed by atoms with Crippen molar-refractivity contribution in [2.24, 2.45) is 10.3 Å². The number of aromatic nitrogens is 2. The van der Waals surface area contributed by atoms with Crippen LogP contribution in [0.5, 0.6) is 11.6 Å². The number of hydrogen-bond donors (Lipinski definition) is 1. The number of benzene rings is 1. The highest BCUT2D eigenvalue weighted by Gasteiger charge is 2.34. The summed E-state index contributed by atoms with van der Waals surface area (Å²) < 4.78 is 50.3. The summed E-state index contributed by atoms with van der Waals surface area (Å²) in [6.07, 6.45) is 8.10. The molecule has 7 nitrogen and oxygen atoms in total. The Bertz CT molecular complexity index is 1170. The Balaban J connectivity index is 1.58. The van der Waals surface area contributed by atoms with Crippen molar-refractivity contribution in [1.82, 2.24) is 15.3 Å². The van der Waals surface area contributed by atoms with E-state index in [4.69, 9.17) is 4.74 Å². The van der Waals surface area contributed by atoms with Crippen molar-refractivity contribution >= 4 is 15.6 Å². The molecule has 2 atom stereocenters. The van der Waals surface area contributed by atoms with Crippen LogP contribution in [0.3, 0.4) is 0 Å². The molecule has 1 amide bonds. The fourth-order valence-corrected chi connectivity index (χ4v) is 4.49. The molecular formula is C23H26F2N4O3S. The van der Waals surface area contributed by atoms with Crippen LogP contribution in [0.2, 0.25) is 0 Å². The molecule has 1 heterocycles. The smallest absolute Gasteiger partial charge is 0.303 e. The lowest BCUT2D eigenvalue weighted by Gasteiger charge is -2.17. The normalized spacial score (nSPS) is 19.0. The first-order valence-corrected chi connectivity index (χ1v) is 12.8. The number of halogens is 2. The average molecular weight is 477 g/mol. The Kier molecular flexibility index (Phi) is 6.47. The summed E-state index contributed by atoms with van der Waals surface area (Å²) in [6, 6.07) is 8.26. The van der Waals surface area contributed by atoms with Gasteiger partial charge < -0.3 is 10.1 Å². The number of carbonyl (C=O) groups is 1. The zero-order chi connectivity index (χ0) is 23.6. The Morgan fingerprint density at radius 2 is 1.97 bits per heavy atom. The molecule has 2 aromatic rings. The molecule has 0 bridgehead atoms. The second-order valence-corrected chi connectivity index (χ2v) is 10.8. The number of para-hydroxylation sites is 1. The lowest BCUT2D eigenvalue weighted by Crippen LogP contribution is -2.35. The van der Waals surface area contributed by atoms with Crippen molar-refractivity contribution < 1.29 is 22.5 Å². The van der Waals surface area contributed by atoms with E-state index in [2.05, 4.69) is 19.6 Å². The molecule has 2 aliphatic carbocycles. The highest BCUT2D eigenvalue weighted by molar-refractivity contribution is 7.95. The number of rotatable bonds is 9. The van der Waals surface area contributed by atoms with Gasteiger partial charge in [-0.2, -0.15) is 13.8 Å². The summed E-state index contributed by atoms with van der Waals surface area (Å²) in [6.45, 7) is 0.678. The maximum atomic E-state index is 13.8. The average Bonchev–Trinajstić information content (AvgIpc) is 3.66. The first kappa shape index (κ1) is 23.3. The number of nitrogens with one attached hydrogen (secondary N) is 1. The first-order chi connectivity index (χ1) is 15.6. The zero-order valence-electron chi connectivity index (χ0n) is 18.4. The molecule has 1 aromatic heterocycles. The van der Waals surface area contributed by atoms with Gasteiger partial charge in [-0.3, -0.25) is 4.79 Å². The maximum Gasteiger partial charge on any atom is 0.303 e. The van der Waals surface area contributed by atoms with Gasteiger partial charge in [-0.05, 0) is 43.7 Å². The number of alkyl halides is 2. The maximum absolute atomic E-state index is 13.8. The van der Waals surface area contributed by atoms with Crippen molar-refractivity contribution in [2.45, 2.75) is 50.6 Å². The fraction of sp³-hybridized carbons (Fsp3) is 0.435. The van der Waals surface area contributed by atoms with Crippen LogP contribution in [0.4, 0.5) is 8.78 Å². The predicted octanol–water partition coefficient (Wildman–Crippen LogP) is 4.66. The number of hydrogen-bond acceptors (Lipinski definition) is 6. The molecule has 0 aliphatic heterocycles. The minimum Gasteiger partial charge on any atom is -0.438 e. The van der Waals surface area contributed by atoms with Crippen molar-refractivity contribution in [1.29, 1.82) is 0 Å². The summed E-state index contributed by atoms with van der Waals surface area (Å²) in [5.74, 6) is -4.30. The number of nitrogens with zero attached hydrogens (tertiary/aromatic N) is 3. The number of ether oxygens (including phenoxy) is 1. The lowest BCUT2D eigenvalue weighted by atomic mass is 10.1. The molecule has 4 rings (SSSR count). The van der Waals surface area contributed by atoms with Gasteiger partial charge in [0.05, 0.1) is 21.8 Å². The van der Waals surface area contributed by atoms with E-state index in [9.17, 15) is 17.8 Å². The SMILES string of the molecule is CC(F)(F)c1ncc(C(=O)NC(/C=C/S(C)(=O)=NC2CC2)C2CC2)c(Oc2ccccc2)n1. The van der Waals surface area contributed by atoms with E-state index in [1.807, 2.05) is 0 Å². The van der Waals surface area contributed by atoms with E-state index < -0.39 is 27.4 Å². The third-order valence-electron chi connectivity index (χ3n) is 5.22. The molecule has 2 saturated carbocycles. The van der Waals surface area contributed by atoms with Crippen LogP contribution in [0, 0.1) is 5.92 Å². The minimum atomic E-state index is -3.30. The molecule has 1 N–H and O–H groups in total. The van der Waals surface area contributed by atoms with E-state index in [0.717, 1.165) is 31.9 Å². The van der Waals surface area contributed by atoms with Crippen molar-refractivity contribution in [2.75, 3.05) is 6.26 Å². The van der Waals surface area contributed by atoms with Gasteiger partial charge in [0.15, 0.2) is 0 Å². The van der Waals surface area contributed by atoms with Crippen LogP contribution < -0.4 is 10.1 Å². The van der Waals surface area contributed by atoms with Gasteiger partial charge in [0.2, 0.25) is 11.7 Å². The molecule has 176 valence electrons. The van der Waals surface area contributed by atoms with Gasteiger partial charge >= 0.3 is 5.92 Å². The summed E-state index contributed by atoms with van der Waals surface area (Å²) in [5.41, 5.74) is -0.0641. The summed E-state index contributed by atoms with van der Waals surface area (Å²) in [4.78, 5) is 20.6. The van der Waals surface area contributed by atoms with Gasteiger partial charge in [-0.25, -0.2) is 13.6 Å².